The van der Waals surface area contributed by atoms with Gasteiger partial charge in [0.25, 0.3) is 0 Å². The summed E-state index contributed by atoms with van der Waals surface area (Å²) >= 11 is 0. The van der Waals surface area contributed by atoms with Crippen molar-refractivity contribution in [2.24, 2.45) is 0 Å². The molecule has 1 saturated heterocycles. The third-order valence-corrected chi connectivity index (χ3v) is 6.19. The lowest BCUT2D eigenvalue weighted by atomic mass is 9.81. The minimum atomic E-state index is 0.655. The summed E-state index contributed by atoms with van der Waals surface area (Å²) in [5, 5.41) is 8.19. The van der Waals surface area contributed by atoms with Crippen LogP contribution in [0, 0.1) is 0 Å². The first-order valence-electron chi connectivity index (χ1n) is 9.59. The minimum absolute atomic E-state index is 0.655. The van der Waals surface area contributed by atoms with Crippen molar-refractivity contribution in [1.82, 2.24) is 25.1 Å². The van der Waals surface area contributed by atoms with Crippen LogP contribution >= 0.6 is 0 Å². The zero-order chi connectivity index (χ0) is 16.6. The number of rotatable bonds is 3. The molecule has 0 unspecified atom stereocenters. The molecule has 5 heteroatoms. The van der Waals surface area contributed by atoms with Gasteiger partial charge < -0.3 is 9.88 Å². The lowest BCUT2D eigenvalue weighted by molar-refractivity contribution is 0.182. The van der Waals surface area contributed by atoms with Crippen molar-refractivity contribution in [2.45, 2.75) is 50.5 Å². The summed E-state index contributed by atoms with van der Waals surface area (Å²) in [6, 6.07) is 3.17. The Morgan fingerprint density at radius 3 is 2.60 bits per heavy atom. The average Bonchev–Trinajstić information content (AvgIpc) is 3.41. The first-order valence-corrected chi connectivity index (χ1v) is 9.59. The SMILES string of the molecule is c1n[nH]cc1-c1c[nH]c2ncc(C3CCC(N4CCCC4)CC3)cc12. The molecule has 3 aromatic rings. The Morgan fingerprint density at radius 2 is 1.84 bits per heavy atom. The molecule has 1 saturated carbocycles. The van der Waals surface area contributed by atoms with Crippen LogP contribution in [0.5, 0.6) is 0 Å². The van der Waals surface area contributed by atoms with Crippen molar-refractivity contribution >= 4 is 11.0 Å². The van der Waals surface area contributed by atoms with E-state index in [1.54, 1.807) is 0 Å². The van der Waals surface area contributed by atoms with Gasteiger partial charge in [-0.2, -0.15) is 5.10 Å². The molecule has 4 heterocycles. The molecule has 0 aromatic carbocycles. The predicted octanol–water partition coefficient (Wildman–Crippen LogP) is 4.08. The molecule has 25 heavy (non-hydrogen) atoms. The number of nitrogens with one attached hydrogen (secondary N) is 2. The second kappa shape index (κ2) is 6.30. The van der Waals surface area contributed by atoms with Crippen molar-refractivity contribution in [1.29, 1.82) is 0 Å². The summed E-state index contributed by atoms with van der Waals surface area (Å²) in [5.74, 6) is 0.655. The quantitative estimate of drug-likeness (QED) is 0.758. The molecule has 1 aliphatic carbocycles. The van der Waals surface area contributed by atoms with Gasteiger partial charge in [-0.3, -0.25) is 5.10 Å². The third kappa shape index (κ3) is 2.76. The number of hydrogen-bond donors (Lipinski definition) is 2. The Balaban J connectivity index is 1.37. The molecule has 5 nitrogen and oxygen atoms in total. The lowest BCUT2D eigenvalue weighted by Crippen LogP contribution is -2.35. The van der Waals surface area contributed by atoms with Crippen LogP contribution in [0.2, 0.25) is 0 Å². The van der Waals surface area contributed by atoms with Crippen LogP contribution in [0.3, 0.4) is 0 Å². The summed E-state index contributed by atoms with van der Waals surface area (Å²) in [6.07, 6.45) is 16.0. The fourth-order valence-corrected chi connectivity index (χ4v) is 4.76. The molecule has 3 aromatic heterocycles. The topological polar surface area (TPSA) is 60.6 Å². The van der Waals surface area contributed by atoms with E-state index in [2.05, 4.69) is 37.3 Å². The molecular formula is C20H25N5. The van der Waals surface area contributed by atoms with E-state index in [1.165, 1.54) is 68.1 Å². The Labute approximate surface area is 147 Å². The van der Waals surface area contributed by atoms with Gasteiger partial charge >= 0.3 is 0 Å². The van der Waals surface area contributed by atoms with Crippen LogP contribution in [0.4, 0.5) is 0 Å². The number of likely N-dealkylation sites (tertiary alicyclic amines) is 1. The Bertz CT molecular complexity index is 836. The van der Waals surface area contributed by atoms with E-state index >= 15 is 0 Å². The van der Waals surface area contributed by atoms with E-state index in [-0.39, 0.29) is 0 Å². The fraction of sp³-hybridized carbons (Fsp3) is 0.500. The summed E-state index contributed by atoms with van der Waals surface area (Å²) in [4.78, 5) is 10.7. The normalized spacial score (nSPS) is 25.0. The first-order chi connectivity index (χ1) is 12.4. The zero-order valence-electron chi connectivity index (χ0n) is 14.5. The van der Waals surface area contributed by atoms with Gasteiger partial charge in [0.1, 0.15) is 5.65 Å². The summed E-state index contributed by atoms with van der Waals surface area (Å²) < 4.78 is 0. The van der Waals surface area contributed by atoms with E-state index in [1.807, 2.05) is 18.6 Å². The highest BCUT2D eigenvalue weighted by Crippen LogP contribution is 2.37. The molecule has 0 bridgehead atoms. The van der Waals surface area contributed by atoms with Gasteiger partial charge in [-0.1, -0.05) is 0 Å². The van der Waals surface area contributed by atoms with Gasteiger partial charge in [-0.15, -0.1) is 0 Å². The predicted molar refractivity (Wildman–Crippen MR) is 99.5 cm³/mol. The van der Waals surface area contributed by atoms with Gasteiger partial charge in [0.15, 0.2) is 0 Å². The van der Waals surface area contributed by atoms with Crippen molar-refractivity contribution < 1.29 is 0 Å². The molecule has 0 spiro atoms. The van der Waals surface area contributed by atoms with E-state index in [0.29, 0.717) is 5.92 Å². The van der Waals surface area contributed by atoms with Crippen molar-refractivity contribution in [3.63, 3.8) is 0 Å². The van der Waals surface area contributed by atoms with Gasteiger partial charge in [-0.25, -0.2) is 4.98 Å². The maximum Gasteiger partial charge on any atom is 0.137 e. The second-order valence-corrected chi connectivity index (χ2v) is 7.60. The molecule has 0 radical (unpaired) electrons. The first kappa shape index (κ1) is 15.1. The maximum absolute atomic E-state index is 4.69. The molecule has 2 N–H and O–H groups in total. The average molecular weight is 335 g/mol. The van der Waals surface area contributed by atoms with Crippen molar-refractivity contribution in [2.75, 3.05) is 13.1 Å². The molecule has 1 aliphatic heterocycles. The molecule has 0 amide bonds. The number of nitrogens with zero attached hydrogens (tertiary/aromatic N) is 3. The zero-order valence-corrected chi connectivity index (χ0v) is 14.5. The van der Waals surface area contributed by atoms with E-state index in [0.717, 1.165) is 17.3 Å². The van der Waals surface area contributed by atoms with Gasteiger partial charge in [0.05, 0.1) is 6.20 Å². The number of aromatic nitrogens is 4. The van der Waals surface area contributed by atoms with Gasteiger partial charge in [0.2, 0.25) is 0 Å². The fourth-order valence-electron chi connectivity index (χ4n) is 4.76. The Hall–Kier alpha value is -2.14. The molecule has 130 valence electrons. The van der Waals surface area contributed by atoms with E-state index in [9.17, 15) is 0 Å². The molecular weight excluding hydrogens is 310 g/mol. The minimum Gasteiger partial charge on any atom is -0.346 e. The highest BCUT2D eigenvalue weighted by atomic mass is 15.2. The molecule has 2 fully saturated rings. The number of fused-ring (bicyclic) bond motifs is 1. The number of hydrogen-bond acceptors (Lipinski definition) is 3. The summed E-state index contributed by atoms with van der Waals surface area (Å²) in [5.41, 5.74) is 4.66. The number of H-pyrrole nitrogens is 2. The van der Waals surface area contributed by atoms with Crippen LogP contribution < -0.4 is 0 Å². The van der Waals surface area contributed by atoms with Crippen LogP contribution in [0.15, 0.2) is 30.9 Å². The standard InChI is InChI=1S/C20H25N5/c1-2-8-25(7-1)17-5-3-14(4-6-17)15-9-18-19(16-11-23-24-12-16)13-22-20(18)21-10-15/h9-14,17H,1-8H2,(H,21,22)(H,23,24). The van der Waals surface area contributed by atoms with Gasteiger partial charge in [0, 0.05) is 41.1 Å². The Kier molecular flexibility index (Phi) is 3.82. The van der Waals surface area contributed by atoms with E-state index in [4.69, 9.17) is 0 Å². The van der Waals surface area contributed by atoms with Crippen LogP contribution in [0.25, 0.3) is 22.2 Å². The maximum atomic E-state index is 4.69. The highest BCUT2D eigenvalue weighted by Gasteiger charge is 2.28. The molecule has 2 aliphatic rings. The Morgan fingerprint density at radius 1 is 1.00 bits per heavy atom. The van der Waals surface area contributed by atoms with Crippen LogP contribution in [-0.4, -0.2) is 44.2 Å². The smallest absolute Gasteiger partial charge is 0.137 e. The second-order valence-electron chi connectivity index (χ2n) is 7.60. The van der Waals surface area contributed by atoms with E-state index < -0.39 is 0 Å². The third-order valence-electron chi connectivity index (χ3n) is 6.19. The lowest BCUT2D eigenvalue weighted by Gasteiger charge is -2.34. The molecule has 5 rings (SSSR count). The highest BCUT2D eigenvalue weighted by molar-refractivity contribution is 5.93. The summed E-state index contributed by atoms with van der Waals surface area (Å²) in [6.45, 7) is 2.64. The summed E-state index contributed by atoms with van der Waals surface area (Å²) in [7, 11) is 0. The largest absolute Gasteiger partial charge is 0.346 e. The van der Waals surface area contributed by atoms with Crippen LogP contribution in [0.1, 0.15) is 50.0 Å². The van der Waals surface area contributed by atoms with Crippen molar-refractivity contribution in [3.05, 3.63) is 36.4 Å². The van der Waals surface area contributed by atoms with Crippen LogP contribution in [-0.2, 0) is 0 Å². The molecule has 0 atom stereocenters. The number of pyridine rings is 1. The monoisotopic (exact) mass is 335 g/mol. The van der Waals surface area contributed by atoms with Crippen molar-refractivity contribution in [3.8, 4) is 11.1 Å². The van der Waals surface area contributed by atoms with Gasteiger partial charge in [-0.05, 0) is 69.2 Å². The number of aromatic amines is 2.